The number of amides is 1. The van der Waals surface area contributed by atoms with E-state index in [-0.39, 0.29) is 6.61 Å². The third-order valence-corrected chi connectivity index (χ3v) is 3.03. The molecule has 0 atom stereocenters. The smallest absolute Gasteiger partial charge is 0.255 e. The number of nitrogens with one attached hydrogen (secondary N) is 1. The Bertz CT molecular complexity index is 605. The topological polar surface area (TPSA) is 82.2 Å². The molecule has 0 spiro atoms. The van der Waals surface area contributed by atoms with Crippen molar-refractivity contribution in [3.05, 3.63) is 41.7 Å². The van der Waals surface area contributed by atoms with E-state index in [0.717, 1.165) is 23.4 Å². The molecule has 0 radical (unpaired) electrons. The lowest BCUT2D eigenvalue weighted by molar-refractivity contribution is -0.119. The maximum Gasteiger partial charge on any atom is 0.255 e. The number of carbonyl (C=O) groups excluding carboxylic acids is 1. The van der Waals surface area contributed by atoms with Gasteiger partial charge in [-0.2, -0.15) is 5.10 Å². The number of aryl methyl sites for hydroxylation is 2. The second kappa shape index (κ2) is 6.78. The Morgan fingerprint density at radius 2 is 2.10 bits per heavy atom. The average molecular weight is 288 g/mol. The average Bonchev–Trinajstić information content (AvgIpc) is 2.84. The molecule has 0 saturated carbocycles. The normalized spacial score (nSPS) is 10.4. The van der Waals surface area contributed by atoms with Gasteiger partial charge < -0.3 is 15.8 Å². The van der Waals surface area contributed by atoms with Crippen LogP contribution in [0.3, 0.4) is 0 Å². The van der Waals surface area contributed by atoms with Crippen LogP contribution in [-0.4, -0.2) is 22.3 Å². The second-order valence-corrected chi connectivity index (χ2v) is 4.77. The van der Waals surface area contributed by atoms with Crippen LogP contribution in [0.15, 0.2) is 30.5 Å². The number of carbonyl (C=O) groups is 1. The Hall–Kier alpha value is -2.50. The molecular formula is C15H20N4O2. The van der Waals surface area contributed by atoms with Gasteiger partial charge in [0.05, 0.1) is 11.4 Å². The van der Waals surface area contributed by atoms with Crippen LogP contribution < -0.4 is 15.8 Å². The molecule has 1 aromatic heterocycles. The minimum atomic E-state index is -0.482. The van der Waals surface area contributed by atoms with Gasteiger partial charge >= 0.3 is 0 Å². The lowest BCUT2D eigenvalue weighted by atomic mass is 10.2. The number of primary amides is 1. The number of ether oxygens (including phenoxy) is 1. The highest BCUT2D eigenvalue weighted by molar-refractivity contribution is 5.75. The molecule has 2 rings (SSSR count). The summed E-state index contributed by atoms with van der Waals surface area (Å²) in [6.07, 6.45) is 2.87. The summed E-state index contributed by atoms with van der Waals surface area (Å²) >= 11 is 0. The molecule has 6 heteroatoms. The van der Waals surface area contributed by atoms with Gasteiger partial charge in [-0.3, -0.25) is 9.48 Å². The number of rotatable bonds is 7. The van der Waals surface area contributed by atoms with Gasteiger partial charge in [0, 0.05) is 19.8 Å². The van der Waals surface area contributed by atoms with Crippen molar-refractivity contribution < 1.29 is 9.53 Å². The molecular weight excluding hydrogens is 268 g/mol. The first-order valence-corrected chi connectivity index (χ1v) is 6.85. The first-order chi connectivity index (χ1) is 10.1. The molecule has 0 fully saturated rings. The summed E-state index contributed by atoms with van der Waals surface area (Å²) in [6.45, 7) is 2.68. The summed E-state index contributed by atoms with van der Waals surface area (Å²) in [7, 11) is 1.91. The first-order valence-electron chi connectivity index (χ1n) is 6.85. The SMILES string of the molecule is CCc1nn(C)cc1NCc1ccc(OCC(N)=O)cc1. The summed E-state index contributed by atoms with van der Waals surface area (Å²) in [5.74, 6) is 0.151. The Morgan fingerprint density at radius 3 is 2.71 bits per heavy atom. The molecule has 1 amide bonds. The largest absolute Gasteiger partial charge is 0.484 e. The molecule has 0 unspecified atom stereocenters. The molecule has 0 bridgehead atoms. The molecule has 112 valence electrons. The van der Waals surface area contributed by atoms with Crippen LogP contribution in [0.5, 0.6) is 5.75 Å². The number of aromatic nitrogens is 2. The summed E-state index contributed by atoms with van der Waals surface area (Å²) in [5.41, 5.74) is 8.25. The van der Waals surface area contributed by atoms with E-state index in [1.807, 2.05) is 42.2 Å². The fraction of sp³-hybridized carbons (Fsp3) is 0.333. The third kappa shape index (κ3) is 4.24. The summed E-state index contributed by atoms with van der Waals surface area (Å²) in [4.78, 5) is 10.6. The van der Waals surface area contributed by atoms with Gasteiger partial charge in [-0.05, 0) is 24.1 Å². The number of hydrogen-bond donors (Lipinski definition) is 2. The maximum atomic E-state index is 10.6. The Kier molecular flexibility index (Phi) is 4.81. The van der Waals surface area contributed by atoms with E-state index in [0.29, 0.717) is 12.3 Å². The van der Waals surface area contributed by atoms with Crippen LogP contribution >= 0.6 is 0 Å². The number of nitrogens with two attached hydrogens (primary N) is 1. The maximum absolute atomic E-state index is 10.6. The number of anilines is 1. The summed E-state index contributed by atoms with van der Waals surface area (Å²) in [6, 6.07) is 7.55. The van der Waals surface area contributed by atoms with Gasteiger partial charge in [-0.25, -0.2) is 0 Å². The van der Waals surface area contributed by atoms with E-state index in [9.17, 15) is 4.79 Å². The minimum Gasteiger partial charge on any atom is -0.484 e. The van der Waals surface area contributed by atoms with Crippen LogP contribution in [-0.2, 0) is 24.8 Å². The van der Waals surface area contributed by atoms with E-state index < -0.39 is 5.91 Å². The van der Waals surface area contributed by atoms with Gasteiger partial charge in [0.15, 0.2) is 6.61 Å². The van der Waals surface area contributed by atoms with E-state index >= 15 is 0 Å². The Labute approximate surface area is 123 Å². The van der Waals surface area contributed by atoms with Crippen molar-refractivity contribution in [2.24, 2.45) is 12.8 Å². The van der Waals surface area contributed by atoms with Gasteiger partial charge in [-0.15, -0.1) is 0 Å². The molecule has 0 saturated heterocycles. The quantitative estimate of drug-likeness (QED) is 0.808. The van der Waals surface area contributed by atoms with Crippen LogP contribution in [0.2, 0.25) is 0 Å². The monoisotopic (exact) mass is 288 g/mol. The van der Waals surface area contributed by atoms with E-state index in [1.165, 1.54) is 0 Å². The predicted molar refractivity (Wildman–Crippen MR) is 81.0 cm³/mol. The standard InChI is InChI=1S/C15H20N4O2/c1-3-13-14(9-19(2)18-13)17-8-11-4-6-12(7-5-11)21-10-15(16)20/h4-7,9,17H,3,8,10H2,1-2H3,(H2,16,20). The first kappa shape index (κ1) is 14.9. The molecule has 0 aliphatic rings. The third-order valence-electron chi connectivity index (χ3n) is 3.03. The highest BCUT2D eigenvalue weighted by Gasteiger charge is 2.05. The molecule has 0 aliphatic carbocycles. The highest BCUT2D eigenvalue weighted by atomic mass is 16.5. The van der Waals surface area contributed by atoms with Gasteiger partial charge in [0.25, 0.3) is 5.91 Å². The molecule has 2 aromatic rings. The van der Waals surface area contributed by atoms with Crippen LogP contribution in [0, 0.1) is 0 Å². The molecule has 0 aliphatic heterocycles. The fourth-order valence-electron chi connectivity index (χ4n) is 2.00. The van der Waals surface area contributed by atoms with Crippen LogP contribution in [0.25, 0.3) is 0 Å². The Morgan fingerprint density at radius 1 is 1.38 bits per heavy atom. The van der Waals surface area contributed by atoms with Gasteiger partial charge in [-0.1, -0.05) is 19.1 Å². The zero-order valence-electron chi connectivity index (χ0n) is 12.3. The van der Waals surface area contributed by atoms with Crippen LogP contribution in [0.4, 0.5) is 5.69 Å². The van der Waals surface area contributed by atoms with Crippen molar-refractivity contribution in [2.45, 2.75) is 19.9 Å². The number of nitrogens with zero attached hydrogens (tertiary/aromatic N) is 2. The van der Waals surface area contributed by atoms with E-state index in [1.54, 1.807) is 0 Å². The number of benzene rings is 1. The summed E-state index contributed by atoms with van der Waals surface area (Å²) in [5, 5.41) is 7.76. The lowest BCUT2D eigenvalue weighted by Crippen LogP contribution is -2.19. The van der Waals surface area contributed by atoms with Crippen molar-refractivity contribution in [1.82, 2.24) is 9.78 Å². The van der Waals surface area contributed by atoms with Crippen LogP contribution in [0.1, 0.15) is 18.2 Å². The highest BCUT2D eigenvalue weighted by Crippen LogP contribution is 2.16. The zero-order chi connectivity index (χ0) is 15.2. The van der Waals surface area contributed by atoms with Crippen molar-refractivity contribution >= 4 is 11.6 Å². The Balaban J connectivity index is 1.92. The van der Waals surface area contributed by atoms with Crippen molar-refractivity contribution in [2.75, 3.05) is 11.9 Å². The van der Waals surface area contributed by atoms with Crippen molar-refractivity contribution in [1.29, 1.82) is 0 Å². The zero-order valence-corrected chi connectivity index (χ0v) is 12.3. The summed E-state index contributed by atoms with van der Waals surface area (Å²) < 4.78 is 7.02. The molecule has 1 heterocycles. The minimum absolute atomic E-state index is 0.104. The lowest BCUT2D eigenvalue weighted by Gasteiger charge is -2.07. The van der Waals surface area contributed by atoms with Gasteiger partial charge in [0.2, 0.25) is 0 Å². The fourth-order valence-corrected chi connectivity index (χ4v) is 2.00. The molecule has 3 N–H and O–H groups in total. The second-order valence-electron chi connectivity index (χ2n) is 4.77. The van der Waals surface area contributed by atoms with Crippen molar-refractivity contribution in [3.63, 3.8) is 0 Å². The van der Waals surface area contributed by atoms with E-state index in [4.69, 9.17) is 10.5 Å². The molecule has 6 nitrogen and oxygen atoms in total. The van der Waals surface area contributed by atoms with Gasteiger partial charge in [0.1, 0.15) is 5.75 Å². The number of hydrogen-bond acceptors (Lipinski definition) is 4. The predicted octanol–water partition coefficient (Wildman–Crippen LogP) is 1.46. The van der Waals surface area contributed by atoms with E-state index in [2.05, 4.69) is 17.3 Å². The molecule has 21 heavy (non-hydrogen) atoms. The molecule has 1 aromatic carbocycles. The van der Waals surface area contributed by atoms with Crippen molar-refractivity contribution in [3.8, 4) is 5.75 Å².